The van der Waals surface area contributed by atoms with Crippen LogP contribution in [0.5, 0.6) is 0 Å². The van der Waals surface area contributed by atoms with Crippen LogP contribution in [0.3, 0.4) is 0 Å². The van der Waals surface area contributed by atoms with E-state index in [2.05, 4.69) is 0 Å². The minimum Gasteiger partial charge on any atom is -0.398 e. The monoisotopic (exact) mass is 253 g/mol. The Hall–Kier alpha value is -1.61. The van der Waals surface area contributed by atoms with Crippen LogP contribution in [0.1, 0.15) is 5.56 Å². The summed E-state index contributed by atoms with van der Waals surface area (Å²) in [5.41, 5.74) is 7.69. The number of nitrogens with two attached hydrogens (primary N) is 1. The molecule has 0 aliphatic rings. The Labute approximate surface area is 103 Å². The van der Waals surface area contributed by atoms with Gasteiger partial charge in [-0.2, -0.15) is 0 Å². The van der Waals surface area contributed by atoms with Gasteiger partial charge < -0.3 is 5.73 Å². The van der Waals surface area contributed by atoms with Gasteiger partial charge in [0.25, 0.3) is 0 Å². The molecule has 0 atom stereocenters. The Balaban J connectivity index is 2.60. The normalized spacial score (nSPS) is 10.6. The van der Waals surface area contributed by atoms with Crippen LogP contribution < -0.4 is 5.73 Å². The van der Waals surface area contributed by atoms with Crippen LogP contribution in [0.25, 0.3) is 11.1 Å². The summed E-state index contributed by atoms with van der Waals surface area (Å²) in [5, 5.41) is -0.0407. The quantitative estimate of drug-likeness (QED) is 0.758. The van der Waals surface area contributed by atoms with Gasteiger partial charge in [-0.25, -0.2) is 8.78 Å². The van der Waals surface area contributed by atoms with Crippen molar-refractivity contribution in [3.63, 3.8) is 0 Å². The lowest BCUT2D eigenvalue weighted by Gasteiger charge is -2.08. The molecule has 0 aliphatic heterocycles. The molecular formula is C13H10ClF2N. The van der Waals surface area contributed by atoms with Gasteiger partial charge in [0.15, 0.2) is 0 Å². The van der Waals surface area contributed by atoms with Crippen molar-refractivity contribution in [3.05, 3.63) is 52.6 Å². The topological polar surface area (TPSA) is 26.0 Å². The zero-order valence-electron chi connectivity index (χ0n) is 9.10. The predicted octanol–water partition coefficient (Wildman–Crippen LogP) is 4.18. The van der Waals surface area contributed by atoms with Gasteiger partial charge in [0.1, 0.15) is 11.6 Å². The summed E-state index contributed by atoms with van der Waals surface area (Å²) in [6.45, 7) is 1.72. The molecule has 0 fully saturated rings. The Bertz CT molecular complexity index is 582. The average molecular weight is 254 g/mol. The second kappa shape index (κ2) is 4.34. The van der Waals surface area contributed by atoms with Crippen molar-refractivity contribution in [2.45, 2.75) is 6.92 Å². The molecule has 0 saturated heterocycles. The van der Waals surface area contributed by atoms with Crippen molar-refractivity contribution in [1.82, 2.24) is 0 Å². The second-order valence-corrected chi connectivity index (χ2v) is 4.22. The summed E-state index contributed by atoms with van der Waals surface area (Å²) < 4.78 is 26.8. The molecule has 0 heterocycles. The first-order chi connectivity index (χ1) is 7.99. The lowest BCUT2D eigenvalue weighted by Crippen LogP contribution is -1.94. The molecule has 0 bridgehead atoms. The van der Waals surface area contributed by atoms with E-state index >= 15 is 0 Å². The second-order valence-electron chi connectivity index (χ2n) is 3.82. The van der Waals surface area contributed by atoms with E-state index in [0.717, 1.165) is 0 Å². The Morgan fingerprint density at radius 3 is 2.41 bits per heavy atom. The van der Waals surface area contributed by atoms with Crippen molar-refractivity contribution in [3.8, 4) is 11.1 Å². The molecular weight excluding hydrogens is 244 g/mol. The number of hydrogen-bond donors (Lipinski definition) is 1. The summed E-state index contributed by atoms with van der Waals surface area (Å²) in [7, 11) is 0. The maximum absolute atomic E-state index is 13.8. The van der Waals surface area contributed by atoms with Crippen molar-refractivity contribution in [1.29, 1.82) is 0 Å². The van der Waals surface area contributed by atoms with Crippen molar-refractivity contribution in [2.24, 2.45) is 0 Å². The SMILES string of the molecule is Cc1cc(F)c(-c2ccc(F)c(Cl)c2)cc1N. The van der Waals surface area contributed by atoms with Crippen molar-refractivity contribution in [2.75, 3.05) is 5.73 Å². The summed E-state index contributed by atoms with van der Waals surface area (Å²) in [6, 6.07) is 6.92. The maximum atomic E-state index is 13.8. The third-order valence-corrected chi connectivity index (χ3v) is 2.88. The van der Waals surface area contributed by atoms with Crippen molar-refractivity contribution < 1.29 is 8.78 Å². The Morgan fingerprint density at radius 1 is 1.06 bits per heavy atom. The number of hydrogen-bond acceptors (Lipinski definition) is 1. The van der Waals surface area contributed by atoms with E-state index < -0.39 is 11.6 Å². The molecule has 17 heavy (non-hydrogen) atoms. The first-order valence-electron chi connectivity index (χ1n) is 5.00. The summed E-state index contributed by atoms with van der Waals surface area (Å²) in [5.74, 6) is -0.935. The molecule has 1 nitrogen and oxygen atoms in total. The van der Waals surface area contributed by atoms with Gasteiger partial charge in [0, 0.05) is 11.3 Å². The van der Waals surface area contributed by atoms with Crippen LogP contribution in [0, 0.1) is 18.6 Å². The highest BCUT2D eigenvalue weighted by Crippen LogP contribution is 2.29. The largest absolute Gasteiger partial charge is 0.398 e. The lowest BCUT2D eigenvalue weighted by molar-refractivity contribution is 0.625. The van der Waals surface area contributed by atoms with Crippen LogP contribution in [-0.4, -0.2) is 0 Å². The molecule has 88 valence electrons. The summed E-state index contributed by atoms with van der Waals surface area (Å²) >= 11 is 5.66. The van der Waals surface area contributed by atoms with Crippen molar-refractivity contribution >= 4 is 17.3 Å². The van der Waals surface area contributed by atoms with E-state index in [4.69, 9.17) is 17.3 Å². The van der Waals surface area contributed by atoms with Crippen LogP contribution in [0.15, 0.2) is 30.3 Å². The molecule has 0 spiro atoms. The fraction of sp³-hybridized carbons (Fsp3) is 0.0769. The molecule has 4 heteroatoms. The fourth-order valence-corrected chi connectivity index (χ4v) is 1.75. The minimum absolute atomic E-state index is 0.0407. The highest BCUT2D eigenvalue weighted by atomic mass is 35.5. The zero-order chi connectivity index (χ0) is 12.6. The van der Waals surface area contributed by atoms with Gasteiger partial charge in [-0.1, -0.05) is 17.7 Å². The number of anilines is 1. The number of nitrogen functional groups attached to an aromatic ring is 1. The van der Waals surface area contributed by atoms with Gasteiger partial charge in [-0.15, -0.1) is 0 Å². The fourth-order valence-electron chi connectivity index (χ4n) is 1.57. The molecule has 2 aromatic carbocycles. The number of benzene rings is 2. The van der Waals surface area contributed by atoms with E-state index in [1.807, 2.05) is 0 Å². The Morgan fingerprint density at radius 2 is 1.76 bits per heavy atom. The number of rotatable bonds is 1. The first kappa shape index (κ1) is 11.9. The Kier molecular flexibility index (Phi) is 3.03. The number of aryl methyl sites for hydroxylation is 1. The van der Waals surface area contributed by atoms with Gasteiger partial charge >= 0.3 is 0 Å². The molecule has 2 aromatic rings. The van der Waals surface area contributed by atoms with E-state index in [-0.39, 0.29) is 5.02 Å². The van der Waals surface area contributed by atoms with Crippen LogP contribution >= 0.6 is 11.6 Å². The molecule has 2 rings (SSSR count). The highest BCUT2D eigenvalue weighted by molar-refractivity contribution is 6.31. The molecule has 0 amide bonds. The van der Waals surface area contributed by atoms with Gasteiger partial charge in [0.2, 0.25) is 0 Å². The smallest absolute Gasteiger partial charge is 0.141 e. The molecule has 0 aliphatic carbocycles. The molecule has 0 saturated carbocycles. The van der Waals surface area contributed by atoms with E-state index in [0.29, 0.717) is 22.4 Å². The van der Waals surface area contributed by atoms with Crippen LogP contribution in [-0.2, 0) is 0 Å². The third-order valence-electron chi connectivity index (χ3n) is 2.59. The molecule has 0 unspecified atom stereocenters. The van der Waals surface area contributed by atoms with Gasteiger partial charge in [-0.3, -0.25) is 0 Å². The van der Waals surface area contributed by atoms with Gasteiger partial charge in [0.05, 0.1) is 5.02 Å². The van der Waals surface area contributed by atoms with Gasteiger partial charge in [-0.05, 0) is 42.3 Å². The average Bonchev–Trinajstić information content (AvgIpc) is 2.27. The molecule has 2 N–H and O–H groups in total. The van der Waals surface area contributed by atoms with E-state index in [9.17, 15) is 8.78 Å². The predicted molar refractivity (Wildman–Crippen MR) is 66.0 cm³/mol. The van der Waals surface area contributed by atoms with E-state index in [1.165, 1.54) is 30.3 Å². The van der Waals surface area contributed by atoms with Crippen LogP contribution in [0.2, 0.25) is 5.02 Å². The summed E-state index contributed by atoms with van der Waals surface area (Å²) in [4.78, 5) is 0. The third kappa shape index (κ3) is 2.24. The zero-order valence-corrected chi connectivity index (χ0v) is 9.85. The minimum atomic E-state index is -0.532. The molecule has 0 radical (unpaired) electrons. The maximum Gasteiger partial charge on any atom is 0.141 e. The standard InChI is InChI=1S/C13H10ClF2N/c1-7-4-12(16)9(6-13(7)17)8-2-3-11(15)10(14)5-8/h2-6H,17H2,1H3. The van der Waals surface area contributed by atoms with E-state index in [1.54, 1.807) is 6.92 Å². The first-order valence-corrected chi connectivity index (χ1v) is 5.38. The highest BCUT2D eigenvalue weighted by Gasteiger charge is 2.09. The van der Waals surface area contributed by atoms with Crippen LogP contribution in [0.4, 0.5) is 14.5 Å². The summed E-state index contributed by atoms with van der Waals surface area (Å²) in [6.07, 6.45) is 0. The number of halogens is 3. The molecule has 0 aromatic heterocycles. The lowest BCUT2D eigenvalue weighted by atomic mass is 10.0.